The molecule has 1 aliphatic carbocycles. The number of thioether (sulfide) groups is 1. The molecule has 7 nitrogen and oxygen atoms in total. The summed E-state index contributed by atoms with van der Waals surface area (Å²) in [4.78, 5) is 25.7. The quantitative estimate of drug-likeness (QED) is 0.546. The second kappa shape index (κ2) is 9.37. The van der Waals surface area contributed by atoms with Crippen molar-refractivity contribution in [2.75, 3.05) is 14.1 Å². The van der Waals surface area contributed by atoms with Gasteiger partial charge in [-0.1, -0.05) is 54.1 Å². The number of allylic oxidation sites excluding steroid dienone is 1. The zero-order chi connectivity index (χ0) is 24.7. The number of carboxylic acids is 1. The minimum absolute atomic E-state index is 0.0708. The maximum absolute atomic E-state index is 13.2. The molecule has 2 aromatic carbocycles. The van der Waals surface area contributed by atoms with E-state index in [0.29, 0.717) is 17.0 Å². The van der Waals surface area contributed by atoms with Crippen molar-refractivity contribution < 1.29 is 23.1 Å². The standard InChI is InChI=1S/C24H25ClN2O5S2/c1-27(2)21(28)13-15-4-3-5-17(12-15)19-14-24(19,23(29)30)26-34(31,32)22-11-10-20(33-22)16-6-8-18(25)9-7-16/h3-9,11-12,19-20,26H,10,13-14H2,1-2H3,(H,29,30). The molecular weight excluding hydrogens is 496 g/mol. The Morgan fingerprint density at radius 3 is 2.53 bits per heavy atom. The SMILES string of the molecule is CN(C)C(=O)Cc1cccc(C2CC2(NS(=O)(=O)C2=CCC(c3ccc(Cl)cc3)S2)C(=O)O)c1. The predicted molar refractivity (Wildman–Crippen MR) is 133 cm³/mol. The molecular formula is C24H25ClN2O5S2. The van der Waals surface area contributed by atoms with Crippen LogP contribution in [-0.2, 0) is 26.0 Å². The molecule has 1 saturated carbocycles. The third kappa shape index (κ3) is 5.02. The largest absolute Gasteiger partial charge is 0.480 e. The molecule has 1 fully saturated rings. The van der Waals surface area contributed by atoms with Crippen LogP contribution in [0.15, 0.2) is 58.8 Å². The zero-order valence-electron chi connectivity index (χ0n) is 18.7. The summed E-state index contributed by atoms with van der Waals surface area (Å²) in [6, 6.07) is 14.4. The first-order valence-corrected chi connectivity index (χ1v) is 13.4. The monoisotopic (exact) mass is 520 g/mol. The van der Waals surface area contributed by atoms with E-state index in [9.17, 15) is 23.1 Å². The molecule has 3 unspecified atom stereocenters. The smallest absolute Gasteiger partial charge is 0.325 e. The number of sulfonamides is 1. The predicted octanol–water partition coefficient (Wildman–Crippen LogP) is 3.92. The van der Waals surface area contributed by atoms with Crippen LogP contribution in [0.5, 0.6) is 0 Å². The van der Waals surface area contributed by atoms with Crippen LogP contribution in [0.1, 0.15) is 40.7 Å². The van der Waals surface area contributed by atoms with E-state index in [1.54, 1.807) is 56.6 Å². The minimum atomic E-state index is -4.02. The summed E-state index contributed by atoms with van der Waals surface area (Å²) in [5.74, 6) is -1.81. The van der Waals surface area contributed by atoms with Crippen molar-refractivity contribution in [2.45, 2.75) is 36.0 Å². The normalized spacial score (nSPS) is 23.9. The van der Waals surface area contributed by atoms with Gasteiger partial charge >= 0.3 is 5.97 Å². The van der Waals surface area contributed by atoms with E-state index >= 15 is 0 Å². The first-order chi connectivity index (χ1) is 16.0. The highest BCUT2D eigenvalue weighted by atomic mass is 35.5. The Morgan fingerprint density at radius 1 is 1.18 bits per heavy atom. The van der Waals surface area contributed by atoms with Crippen LogP contribution in [-0.4, -0.2) is 49.9 Å². The zero-order valence-corrected chi connectivity index (χ0v) is 21.1. The van der Waals surface area contributed by atoms with Crippen LogP contribution in [0, 0.1) is 0 Å². The molecule has 2 N–H and O–H groups in total. The van der Waals surface area contributed by atoms with Gasteiger partial charge in [0.2, 0.25) is 15.9 Å². The van der Waals surface area contributed by atoms with Gasteiger partial charge in [-0.25, -0.2) is 8.42 Å². The van der Waals surface area contributed by atoms with Crippen LogP contribution in [0.4, 0.5) is 0 Å². The minimum Gasteiger partial charge on any atom is -0.480 e. The average molecular weight is 521 g/mol. The van der Waals surface area contributed by atoms with Crippen molar-refractivity contribution >= 4 is 45.3 Å². The summed E-state index contributed by atoms with van der Waals surface area (Å²) in [6.45, 7) is 0. The highest BCUT2D eigenvalue weighted by molar-refractivity contribution is 8.18. The lowest BCUT2D eigenvalue weighted by molar-refractivity contribution is -0.140. The molecule has 2 aromatic rings. The molecule has 0 radical (unpaired) electrons. The molecule has 1 heterocycles. The number of carbonyl (C=O) groups is 2. The third-order valence-corrected chi connectivity index (χ3v) is 9.81. The number of halogens is 1. The van der Waals surface area contributed by atoms with E-state index in [-0.39, 0.29) is 28.2 Å². The highest BCUT2D eigenvalue weighted by Gasteiger charge is 2.63. The Labute approximate surface area is 208 Å². The second-order valence-electron chi connectivity index (χ2n) is 8.77. The number of aliphatic carboxylic acids is 1. The molecule has 0 aromatic heterocycles. The van der Waals surface area contributed by atoms with Crippen LogP contribution >= 0.6 is 23.4 Å². The van der Waals surface area contributed by atoms with Crippen LogP contribution < -0.4 is 4.72 Å². The van der Waals surface area contributed by atoms with Gasteiger partial charge in [0.1, 0.15) is 9.78 Å². The molecule has 0 bridgehead atoms. The molecule has 3 atom stereocenters. The van der Waals surface area contributed by atoms with Gasteiger partial charge in [-0.2, -0.15) is 4.72 Å². The number of amides is 1. The topological polar surface area (TPSA) is 104 Å². The summed E-state index contributed by atoms with van der Waals surface area (Å²) in [5.41, 5.74) is 0.798. The third-order valence-electron chi connectivity index (χ3n) is 6.13. The first-order valence-electron chi connectivity index (χ1n) is 10.7. The molecule has 10 heteroatoms. The number of nitrogens with one attached hydrogen (secondary N) is 1. The number of likely N-dealkylation sites (N-methyl/N-ethyl adjacent to an activating group) is 1. The lowest BCUT2D eigenvalue weighted by atomic mass is 10.0. The summed E-state index contributed by atoms with van der Waals surface area (Å²) < 4.78 is 28.9. The average Bonchev–Trinajstić information content (AvgIpc) is 3.27. The van der Waals surface area contributed by atoms with Crippen molar-refractivity contribution in [1.82, 2.24) is 9.62 Å². The Hall–Kier alpha value is -2.33. The fourth-order valence-electron chi connectivity index (χ4n) is 4.10. The van der Waals surface area contributed by atoms with Crippen molar-refractivity contribution in [3.8, 4) is 0 Å². The number of rotatable bonds is 8. The fourth-order valence-corrected chi connectivity index (χ4v) is 7.37. The maximum Gasteiger partial charge on any atom is 0.325 e. The Bertz CT molecular complexity index is 1260. The number of hydrogen-bond donors (Lipinski definition) is 2. The Kier molecular flexibility index (Phi) is 6.83. The summed E-state index contributed by atoms with van der Waals surface area (Å²) in [6.07, 6.45) is 2.49. The summed E-state index contributed by atoms with van der Waals surface area (Å²) in [7, 11) is -0.682. The number of nitrogens with zero attached hydrogens (tertiary/aromatic N) is 1. The van der Waals surface area contributed by atoms with Gasteiger partial charge in [-0.05, 0) is 41.7 Å². The molecule has 34 heavy (non-hydrogen) atoms. The van der Waals surface area contributed by atoms with E-state index in [1.165, 1.54) is 16.7 Å². The molecule has 2 aliphatic rings. The van der Waals surface area contributed by atoms with Gasteiger partial charge in [-0.3, -0.25) is 9.59 Å². The number of hydrogen-bond acceptors (Lipinski definition) is 5. The van der Waals surface area contributed by atoms with Gasteiger partial charge in [0.25, 0.3) is 0 Å². The van der Waals surface area contributed by atoms with Gasteiger partial charge in [0.05, 0.1) is 6.42 Å². The van der Waals surface area contributed by atoms with Gasteiger partial charge in [0, 0.05) is 30.3 Å². The van der Waals surface area contributed by atoms with Crippen molar-refractivity contribution in [2.24, 2.45) is 0 Å². The molecule has 0 spiro atoms. The second-order valence-corrected chi connectivity index (χ2v) is 12.4. The van der Waals surface area contributed by atoms with E-state index in [0.717, 1.165) is 11.1 Å². The molecule has 1 aliphatic heterocycles. The molecule has 4 rings (SSSR count). The van der Waals surface area contributed by atoms with Crippen LogP contribution in [0.3, 0.4) is 0 Å². The van der Waals surface area contributed by atoms with E-state index < -0.39 is 27.4 Å². The van der Waals surface area contributed by atoms with Crippen LogP contribution in [0.2, 0.25) is 5.02 Å². The molecule has 0 saturated heterocycles. The highest BCUT2D eigenvalue weighted by Crippen LogP contribution is 2.54. The summed E-state index contributed by atoms with van der Waals surface area (Å²) in [5, 5.41) is 10.5. The van der Waals surface area contributed by atoms with Crippen molar-refractivity contribution in [1.29, 1.82) is 0 Å². The van der Waals surface area contributed by atoms with Crippen molar-refractivity contribution in [3.63, 3.8) is 0 Å². The molecule has 180 valence electrons. The van der Waals surface area contributed by atoms with Gasteiger partial charge < -0.3 is 10.0 Å². The van der Waals surface area contributed by atoms with Gasteiger partial charge in [-0.15, -0.1) is 11.8 Å². The number of benzene rings is 2. The van der Waals surface area contributed by atoms with E-state index in [2.05, 4.69) is 4.72 Å². The lowest BCUT2D eigenvalue weighted by Gasteiger charge is -2.17. The Balaban J connectivity index is 1.49. The maximum atomic E-state index is 13.2. The van der Waals surface area contributed by atoms with Crippen LogP contribution in [0.25, 0.3) is 0 Å². The van der Waals surface area contributed by atoms with E-state index in [1.807, 2.05) is 12.1 Å². The summed E-state index contributed by atoms with van der Waals surface area (Å²) >= 11 is 7.14. The Morgan fingerprint density at radius 2 is 1.88 bits per heavy atom. The molecule has 1 amide bonds. The lowest BCUT2D eigenvalue weighted by Crippen LogP contribution is -2.44. The first kappa shape index (κ1) is 24.8. The van der Waals surface area contributed by atoms with E-state index in [4.69, 9.17) is 11.6 Å². The fraction of sp³-hybridized carbons (Fsp3) is 0.333. The number of carboxylic acid groups (broad SMARTS) is 1. The van der Waals surface area contributed by atoms with Crippen molar-refractivity contribution in [3.05, 3.63) is 80.6 Å². The number of carbonyl (C=O) groups excluding carboxylic acids is 1. The van der Waals surface area contributed by atoms with Gasteiger partial charge in [0.15, 0.2) is 0 Å².